The molecule has 5 heteroatoms. The van der Waals surface area contributed by atoms with Crippen LogP contribution < -0.4 is 15.6 Å². The number of nitrogens with one attached hydrogen (secondary N) is 2. The van der Waals surface area contributed by atoms with Gasteiger partial charge in [-0.15, -0.1) is 0 Å². The van der Waals surface area contributed by atoms with Crippen LogP contribution in [0.1, 0.15) is 42.1 Å². The van der Waals surface area contributed by atoms with Gasteiger partial charge in [0.15, 0.2) is 6.61 Å². The van der Waals surface area contributed by atoms with E-state index in [2.05, 4.69) is 24.7 Å². The van der Waals surface area contributed by atoms with Gasteiger partial charge in [0.2, 0.25) is 0 Å². The number of hydrogen-bond acceptors (Lipinski definition) is 3. The molecule has 1 atom stereocenters. The maximum absolute atomic E-state index is 12.3. The first-order valence-corrected chi connectivity index (χ1v) is 10.0. The molecule has 5 nitrogen and oxygen atoms in total. The van der Waals surface area contributed by atoms with Crippen molar-refractivity contribution in [3.05, 3.63) is 90.0 Å². The Kier molecular flexibility index (Phi) is 7.22. The van der Waals surface area contributed by atoms with E-state index in [-0.39, 0.29) is 12.5 Å². The molecule has 1 unspecified atom stereocenters. The number of benzene rings is 3. The van der Waals surface area contributed by atoms with Crippen LogP contribution in [0.2, 0.25) is 0 Å². The smallest absolute Gasteiger partial charge is 0.276 e. The second-order valence-corrected chi connectivity index (χ2v) is 7.08. The number of hydrogen-bond donors (Lipinski definition) is 2. The Morgan fingerprint density at radius 1 is 0.833 bits per heavy atom. The van der Waals surface area contributed by atoms with E-state index in [0.29, 0.717) is 17.2 Å². The SMILES string of the molecule is CCC(C)c1ccccc1OCC(=O)NNC(=O)c1ccc(-c2ccccc2)cc1. The zero-order chi connectivity index (χ0) is 21.3. The molecule has 0 aliphatic carbocycles. The summed E-state index contributed by atoms with van der Waals surface area (Å²) in [6.07, 6.45) is 0.978. The van der Waals surface area contributed by atoms with Crippen molar-refractivity contribution < 1.29 is 14.3 Å². The quantitative estimate of drug-likeness (QED) is 0.563. The van der Waals surface area contributed by atoms with Crippen LogP contribution in [0.4, 0.5) is 0 Å². The summed E-state index contributed by atoms with van der Waals surface area (Å²) in [6.45, 7) is 4.04. The number of amides is 2. The lowest BCUT2D eigenvalue weighted by molar-refractivity contribution is -0.123. The van der Waals surface area contributed by atoms with E-state index >= 15 is 0 Å². The normalized spacial score (nSPS) is 11.4. The first kappa shape index (κ1) is 21.1. The second-order valence-electron chi connectivity index (χ2n) is 7.08. The number of hydrazine groups is 1. The van der Waals surface area contributed by atoms with Gasteiger partial charge in [-0.05, 0) is 47.2 Å². The van der Waals surface area contributed by atoms with E-state index in [1.807, 2.05) is 66.7 Å². The van der Waals surface area contributed by atoms with Crippen LogP contribution in [0.5, 0.6) is 5.75 Å². The standard InChI is InChI=1S/C25H26N2O3/c1-3-18(2)22-11-7-8-12-23(22)30-17-24(28)26-27-25(29)21-15-13-20(14-16-21)19-9-5-4-6-10-19/h4-16,18H,3,17H2,1-2H3,(H,26,28)(H,27,29). The molecule has 0 saturated carbocycles. The molecule has 3 aromatic rings. The third kappa shape index (κ3) is 5.47. The fourth-order valence-corrected chi connectivity index (χ4v) is 3.06. The molecular weight excluding hydrogens is 376 g/mol. The lowest BCUT2D eigenvalue weighted by atomic mass is 9.98. The summed E-state index contributed by atoms with van der Waals surface area (Å²) >= 11 is 0. The maximum atomic E-state index is 12.3. The van der Waals surface area contributed by atoms with E-state index in [1.54, 1.807) is 12.1 Å². The molecule has 3 rings (SSSR count). The Morgan fingerprint density at radius 2 is 1.47 bits per heavy atom. The van der Waals surface area contributed by atoms with Gasteiger partial charge in [0, 0.05) is 5.56 Å². The molecule has 0 aromatic heterocycles. The average Bonchev–Trinajstić information content (AvgIpc) is 2.81. The highest BCUT2D eigenvalue weighted by molar-refractivity contribution is 5.95. The van der Waals surface area contributed by atoms with E-state index in [1.165, 1.54) is 0 Å². The van der Waals surface area contributed by atoms with Crippen molar-refractivity contribution in [2.24, 2.45) is 0 Å². The lowest BCUT2D eigenvalue weighted by Gasteiger charge is -2.15. The number of carbonyl (C=O) groups excluding carboxylic acids is 2. The predicted molar refractivity (Wildman–Crippen MR) is 118 cm³/mol. The molecule has 0 saturated heterocycles. The van der Waals surface area contributed by atoms with Gasteiger partial charge in [0.1, 0.15) is 5.75 Å². The Labute approximate surface area is 177 Å². The number of ether oxygens (including phenoxy) is 1. The molecule has 2 N–H and O–H groups in total. The summed E-state index contributed by atoms with van der Waals surface area (Å²) in [4.78, 5) is 24.4. The Balaban J connectivity index is 1.51. The Morgan fingerprint density at radius 3 is 2.17 bits per heavy atom. The summed E-state index contributed by atoms with van der Waals surface area (Å²) in [6, 6.07) is 24.8. The molecule has 154 valence electrons. The van der Waals surface area contributed by atoms with Crippen molar-refractivity contribution >= 4 is 11.8 Å². The van der Waals surface area contributed by atoms with Gasteiger partial charge in [-0.25, -0.2) is 0 Å². The zero-order valence-corrected chi connectivity index (χ0v) is 17.2. The van der Waals surface area contributed by atoms with E-state index < -0.39 is 5.91 Å². The highest BCUT2D eigenvalue weighted by Gasteiger charge is 2.12. The third-order valence-electron chi connectivity index (χ3n) is 4.99. The molecule has 0 aliphatic heterocycles. The average molecular weight is 402 g/mol. The van der Waals surface area contributed by atoms with Crippen molar-refractivity contribution in [2.45, 2.75) is 26.2 Å². The van der Waals surface area contributed by atoms with Crippen molar-refractivity contribution in [3.8, 4) is 16.9 Å². The number of carbonyl (C=O) groups is 2. The molecule has 3 aromatic carbocycles. The number of para-hydroxylation sites is 1. The van der Waals surface area contributed by atoms with E-state index in [0.717, 1.165) is 23.1 Å². The van der Waals surface area contributed by atoms with Crippen LogP contribution in [-0.2, 0) is 4.79 Å². The highest BCUT2D eigenvalue weighted by atomic mass is 16.5. The van der Waals surface area contributed by atoms with Gasteiger partial charge >= 0.3 is 0 Å². The third-order valence-corrected chi connectivity index (χ3v) is 4.99. The molecule has 0 radical (unpaired) electrons. The predicted octanol–water partition coefficient (Wildman–Crippen LogP) is 4.71. The molecule has 0 aliphatic rings. The topological polar surface area (TPSA) is 67.4 Å². The highest BCUT2D eigenvalue weighted by Crippen LogP contribution is 2.28. The Hall–Kier alpha value is -3.60. The molecule has 0 fully saturated rings. The summed E-state index contributed by atoms with van der Waals surface area (Å²) < 4.78 is 5.66. The minimum absolute atomic E-state index is 0.180. The van der Waals surface area contributed by atoms with E-state index in [9.17, 15) is 9.59 Å². The first-order valence-electron chi connectivity index (χ1n) is 10.0. The van der Waals surface area contributed by atoms with Crippen LogP contribution in [-0.4, -0.2) is 18.4 Å². The van der Waals surface area contributed by atoms with Crippen LogP contribution in [0.15, 0.2) is 78.9 Å². The van der Waals surface area contributed by atoms with Crippen molar-refractivity contribution in [1.82, 2.24) is 10.9 Å². The minimum atomic E-state index is -0.428. The van der Waals surface area contributed by atoms with Crippen LogP contribution in [0.25, 0.3) is 11.1 Å². The molecule has 30 heavy (non-hydrogen) atoms. The monoisotopic (exact) mass is 402 g/mol. The van der Waals surface area contributed by atoms with Crippen LogP contribution in [0, 0.1) is 0 Å². The van der Waals surface area contributed by atoms with Gasteiger partial charge in [-0.1, -0.05) is 74.5 Å². The van der Waals surface area contributed by atoms with Gasteiger partial charge in [-0.2, -0.15) is 0 Å². The van der Waals surface area contributed by atoms with Gasteiger partial charge in [0.25, 0.3) is 11.8 Å². The van der Waals surface area contributed by atoms with Crippen molar-refractivity contribution in [3.63, 3.8) is 0 Å². The summed E-state index contributed by atoms with van der Waals surface area (Å²) in [7, 11) is 0. The molecule has 0 bridgehead atoms. The van der Waals surface area contributed by atoms with Gasteiger partial charge < -0.3 is 4.74 Å². The summed E-state index contributed by atoms with van der Waals surface area (Å²) in [5.74, 6) is 0.207. The van der Waals surface area contributed by atoms with E-state index in [4.69, 9.17) is 4.74 Å². The van der Waals surface area contributed by atoms with Gasteiger partial charge in [-0.3, -0.25) is 20.4 Å². The summed E-state index contributed by atoms with van der Waals surface area (Å²) in [5, 5.41) is 0. The molecular formula is C25H26N2O3. The lowest BCUT2D eigenvalue weighted by Crippen LogP contribution is -2.43. The minimum Gasteiger partial charge on any atom is -0.483 e. The molecule has 0 spiro atoms. The van der Waals surface area contributed by atoms with Crippen LogP contribution >= 0.6 is 0 Å². The van der Waals surface area contributed by atoms with Gasteiger partial charge in [0.05, 0.1) is 0 Å². The molecule has 2 amide bonds. The van der Waals surface area contributed by atoms with Crippen molar-refractivity contribution in [2.75, 3.05) is 6.61 Å². The van der Waals surface area contributed by atoms with Crippen LogP contribution in [0.3, 0.4) is 0 Å². The molecule has 0 heterocycles. The van der Waals surface area contributed by atoms with Crippen molar-refractivity contribution in [1.29, 1.82) is 0 Å². The fraction of sp³-hybridized carbons (Fsp3) is 0.200. The summed E-state index contributed by atoms with van der Waals surface area (Å²) in [5.41, 5.74) is 8.44. The fourth-order valence-electron chi connectivity index (χ4n) is 3.06. The first-order chi connectivity index (χ1) is 14.6. The zero-order valence-electron chi connectivity index (χ0n) is 17.2. The Bertz CT molecular complexity index is 985. The second kappa shape index (κ2) is 10.3. The largest absolute Gasteiger partial charge is 0.483 e. The number of rotatable bonds is 7. The maximum Gasteiger partial charge on any atom is 0.276 e.